The molecule has 16 heavy (non-hydrogen) atoms. The van der Waals surface area contributed by atoms with Gasteiger partial charge in [-0.15, -0.1) is 0 Å². The molecule has 0 bridgehead atoms. The monoisotopic (exact) mass is 237 g/mol. The third-order valence-corrected chi connectivity index (χ3v) is 2.63. The molecule has 0 saturated heterocycles. The molecular weight excluding hydrogens is 226 g/mol. The fourth-order valence-electron chi connectivity index (χ4n) is 1.75. The van der Waals surface area contributed by atoms with Crippen LogP contribution in [0, 0.1) is 6.92 Å². The summed E-state index contributed by atoms with van der Waals surface area (Å²) in [6.45, 7) is 1.93. The first-order chi connectivity index (χ1) is 7.54. The van der Waals surface area contributed by atoms with Crippen LogP contribution in [0.15, 0.2) is 12.1 Å². The Hall–Kier alpha value is -1.55. The SMILES string of the molecule is Cc1cc(Cl)cc2c(C=O)nc(N(C)C)n12. The summed E-state index contributed by atoms with van der Waals surface area (Å²) in [5.74, 6) is 0.728. The van der Waals surface area contributed by atoms with Crippen LogP contribution in [0.3, 0.4) is 0 Å². The van der Waals surface area contributed by atoms with Gasteiger partial charge in [0, 0.05) is 24.8 Å². The van der Waals surface area contributed by atoms with Crippen LogP contribution in [-0.4, -0.2) is 29.8 Å². The fourth-order valence-corrected chi connectivity index (χ4v) is 2.01. The molecule has 0 N–H and O–H groups in total. The number of halogens is 1. The van der Waals surface area contributed by atoms with E-state index < -0.39 is 0 Å². The van der Waals surface area contributed by atoms with Gasteiger partial charge in [-0.2, -0.15) is 0 Å². The number of pyridine rings is 1. The minimum Gasteiger partial charge on any atom is -0.348 e. The topological polar surface area (TPSA) is 37.6 Å². The molecule has 2 rings (SSSR count). The Balaban J connectivity index is 2.90. The van der Waals surface area contributed by atoms with Crippen LogP contribution in [0.25, 0.3) is 5.52 Å². The van der Waals surface area contributed by atoms with Crippen molar-refractivity contribution in [3.8, 4) is 0 Å². The fraction of sp³-hybridized carbons (Fsp3) is 0.273. The van der Waals surface area contributed by atoms with Crippen LogP contribution in [0.4, 0.5) is 5.95 Å². The number of aldehydes is 1. The maximum atomic E-state index is 10.9. The van der Waals surface area contributed by atoms with Crippen molar-refractivity contribution >= 4 is 29.4 Å². The van der Waals surface area contributed by atoms with Gasteiger partial charge in [0.1, 0.15) is 5.69 Å². The lowest BCUT2D eigenvalue weighted by Crippen LogP contribution is -2.13. The van der Waals surface area contributed by atoms with Crippen LogP contribution in [0.5, 0.6) is 0 Å². The number of nitrogens with zero attached hydrogens (tertiary/aromatic N) is 3. The summed E-state index contributed by atoms with van der Waals surface area (Å²) in [4.78, 5) is 17.1. The van der Waals surface area contributed by atoms with Gasteiger partial charge in [-0.25, -0.2) is 4.98 Å². The van der Waals surface area contributed by atoms with Crippen LogP contribution in [0.2, 0.25) is 5.02 Å². The minimum atomic E-state index is 0.411. The van der Waals surface area contributed by atoms with Gasteiger partial charge >= 0.3 is 0 Å². The molecule has 0 saturated carbocycles. The summed E-state index contributed by atoms with van der Waals surface area (Å²) < 4.78 is 1.91. The van der Waals surface area contributed by atoms with Gasteiger partial charge in [-0.05, 0) is 19.1 Å². The molecule has 0 atom stereocenters. The zero-order valence-electron chi connectivity index (χ0n) is 9.36. The molecule has 2 heterocycles. The van der Waals surface area contributed by atoms with Crippen LogP contribution in [-0.2, 0) is 0 Å². The van der Waals surface area contributed by atoms with Crippen molar-refractivity contribution in [3.05, 3.63) is 28.5 Å². The highest BCUT2D eigenvalue weighted by atomic mass is 35.5. The van der Waals surface area contributed by atoms with E-state index in [9.17, 15) is 4.79 Å². The number of carbonyl (C=O) groups is 1. The van der Waals surface area contributed by atoms with Crippen LogP contribution < -0.4 is 4.90 Å². The molecule has 5 heteroatoms. The number of imidazole rings is 1. The molecule has 0 aromatic carbocycles. The highest BCUT2D eigenvalue weighted by molar-refractivity contribution is 6.31. The lowest BCUT2D eigenvalue weighted by atomic mass is 10.3. The number of aryl methyl sites for hydroxylation is 1. The van der Waals surface area contributed by atoms with Gasteiger partial charge < -0.3 is 4.90 Å². The van der Waals surface area contributed by atoms with E-state index in [-0.39, 0.29) is 0 Å². The zero-order valence-corrected chi connectivity index (χ0v) is 10.1. The smallest absolute Gasteiger partial charge is 0.210 e. The van der Waals surface area contributed by atoms with Gasteiger partial charge in [0.15, 0.2) is 6.29 Å². The molecule has 84 valence electrons. The average Bonchev–Trinajstić information content (AvgIpc) is 2.56. The van der Waals surface area contributed by atoms with Crippen molar-refractivity contribution < 1.29 is 4.79 Å². The van der Waals surface area contributed by atoms with Crippen molar-refractivity contribution in [2.24, 2.45) is 0 Å². The summed E-state index contributed by atoms with van der Waals surface area (Å²) in [5, 5.41) is 0.610. The number of hydrogen-bond donors (Lipinski definition) is 0. The van der Waals surface area contributed by atoms with Crippen molar-refractivity contribution in [3.63, 3.8) is 0 Å². The first-order valence-corrected chi connectivity index (χ1v) is 5.23. The Morgan fingerprint density at radius 3 is 2.69 bits per heavy atom. The van der Waals surface area contributed by atoms with Gasteiger partial charge in [0.05, 0.1) is 5.52 Å². The zero-order chi connectivity index (χ0) is 11.9. The van der Waals surface area contributed by atoms with Crippen molar-refractivity contribution in [1.82, 2.24) is 9.38 Å². The highest BCUT2D eigenvalue weighted by Gasteiger charge is 2.14. The molecule has 0 unspecified atom stereocenters. The summed E-state index contributed by atoms with van der Waals surface area (Å²) in [6.07, 6.45) is 0.748. The third-order valence-electron chi connectivity index (χ3n) is 2.41. The predicted octanol–water partition coefficient (Wildman–Crippen LogP) is 2.17. The number of anilines is 1. The molecule has 0 aliphatic carbocycles. The minimum absolute atomic E-state index is 0.411. The number of aromatic nitrogens is 2. The lowest BCUT2D eigenvalue weighted by molar-refractivity contribution is 0.112. The first-order valence-electron chi connectivity index (χ1n) is 4.85. The van der Waals surface area contributed by atoms with Crippen molar-refractivity contribution in [2.75, 3.05) is 19.0 Å². The molecule has 0 radical (unpaired) electrons. The van der Waals surface area contributed by atoms with Crippen molar-refractivity contribution in [2.45, 2.75) is 6.92 Å². The molecule has 0 aliphatic rings. The molecule has 0 fully saturated rings. The van der Waals surface area contributed by atoms with Crippen molar-refractivity contribution in [1.29, 1.82) is 0 Å². The molecule has 4 nitrogen and oxygen atoms in total. The Morgan fingerprint density at radius 1 is 1.44 bits per heavy atom. The molecule has 0 aliphatic heterocycles. The van der Waals surface area contributed by atoms with E-state index in [1.807, 2.05) is 36.4 Å². The Bertz CT molecular complexity index is 560. The van der Waals surface area contributed by atoms with Gasteiger partial charge in [0.25, 0.3) is 0 Å². The van der Waals surface area contributed by atoms with Gasteiger partial charge in [-0.1, -0.05) is 11.6 Å². The van der Waals surface area contributed by atoms with E-state index in [0.717, 1.165) is 23.4 Å². The maximum Gasteiger partial charge on any atom is 0.210 e. The van der Waals surface area contributed by atoms with Gasteiger partial charge in [-0.3, -0.25) is 9.20 Å². The van der Waals surface area contributed by atoms with E-state index in [0.29, 0.717) is 10.7 Å². The number of carbonyl (C=O) groups excluding carboxylic acids is 1. The predicted molar refractivity (Wildman–Crippen MR) is 64.7 cm³/mol. The lowest BCUT2D eigenvalue weighted by Gasteiger charge is -2.12. The summed E-state index contributed by atoms with van der Waals surface area (Å²) >= 11 is 5.97. The summed E-state index contributed by atoms with van der Waals surface area (Å²) in [5.41, 5.74) is 2.10. The number of fused-ring (bicyclic) bond motifs is 1. The molecule has 2 aromatic heterocycles. The summed E-state index contributed by atoms with van der Waals surface area (Å²) in [6, 6.07) is 3.59. The second kappa shape index (κ2) is 3.79. The largest absolute Gasteiger partial charge is 0.348 e. The third kappa shape index (κ3) is 1.55. The Labute approximate surface area is 98.5 Å². The molecule has 0 amide bonds. The van der Waals surface area contributed by atoms with E-state index in [1.165, 1.54) is 0 Å². The maximum absolute atomic E-state index is 10.9. The number of rotatable bonds is 2. The van der Waals surface area contributed by atoms with Gasteiger partial charge in [0.2, 0.25) is 5.95 Å². The second-order valence-corrected chi connectivity index (χ2v) is 4.28. The Kier molecular flexibility index (Phi) is 2.59. The second-order valence-electron chi connectivity index (χ2n) is 3.84. The average molecular weight is 238 g/mol. The molecule has 0 spiro atoms. The normalized spacial score (nSPS) is 10.8. The standard InChI is InChI=1S/C11H12ClN3O/c1-7-4-8(12)5-10-9(6-16)13-11(14(2)3)15(7)10/h4-6H,1-3H3. The van der Waals surface area contributed by atoms with E-state index >= 15 is 0 Å². The molecular formula is C11H12ClN3O. The number of hydrogen-bond acceptors (Lipinski definition) is 3. The van der Waals surface area contributed by atoms with Crippen LogP contribution in [0.1, 0.15) is 16.2 Å². The van der Waals surface area contributed by atoms with E-state index in [2.05, 4.69) is 4.98 Å². The van der Waals surface area contributed by atoms with Crippen LogP contribution >= 0.6 is 11.6 Å². The first kappa shape index (κ1) is 11.0. The quantitative estimate of drug-likeness (QED) is 0.752. The van der Waals surface area contributed by atoms with E-state index in [1.54, 1.807) is 6.07 Å². The highest BCUT2D eigenvalue weighted by Crippen LogP contribution is 2.23. The molecule has 2 aromatic rings. The summed E-state index contributed by atoms with van der Waals surface area (Å²) in [7, 11) is 3.77. The van der Waals surface area contributed by atoms with E-state index in [4.69, 9.17) is 11.6 Å². The Morgan fingerprint density at radius 2 is 2.12 bits per heavy atom.